The molecule has 0 aliphatic carbocycles. The van der Waals surface area contributed by atoms with Gasteiger partial charge in [0.1, 0.15) is 0 Å². The normalized spacial score (nSPS) is 4.62. The molecule has 0 aromatic carbocycles. The number of rotatable bonds is 0. The summed E-state index contributed by atoms with van der Waals surface area (Å²) in [5, 5.41) is 14.3. The van der Waals surface area contributed by atoms with Crippen molar-refractivity contribution >= 4 is 12.4 Å². The van der Waals surface area contributed by atoms with E-state index in [0.29, 0.717) is 0 Å². The van der Waals surface area contributed by atoms with E-state index in [1.807, 2.05) is 0 Å². The Kier molecular flexibility index (Phi) is 31.0. The standard InChI is InChI=1S/C2H4O2.CH2O2.K.H/c1-2(3)4;2-1-3;;/h1H3,(H,3,4);1H,(H,2,3);;/q;;+1;-1. The van der Waals surface area contributed by atoms with Crippen LogP contribution in [0.1, 0.15) is 8.35 Å². The molecule has 0 aliphatic rings. The van der Waals surface area contributed by atoms with Gasteiger partial charge in [-0.15, -0.1) is 0 Å². The molecule has 2 N–H and O–H groups in total. The molecule has 0 spiro atoms. The van der Waals surface area contributed by atoms with Crippen LogP contribution >= 0.6 is 0 Å². The van der Waals surface area contributed by atoms with Gasteiger partial charge in [0.05, 0.1) is 0 Å². The second-order valence-corrected chi connectivity index (χ2v) is 0.624. The zero-order valence-electron chi connectivity index (χ0n) is 5.79. The quantitative estimate of drug-likeness (QED) is 0.280. The molecule has 0 aromatic heterocycles. The number of aliphatic carboxylic acids is 1. The molecule has 0 atom stereocenters. The van der Waals surface area contributed by atoms with E-state index in [2.05, 4.69) is 0 Å². The summed E-state index contributed by atoms with van der Waals surface area (Å²) in [4.78, 5) is 17.4. The Hall–Kier alpha value is 0.576. The average Bonchev–Trinajstić information content (AvgIpc) is 1.33. The van der Waals surface area contributed by atoms with Gasteiger partial charge in [0.25, 0.3) is 12.4 Å². The Bertz CT molecular complexity index is 62.8. The zero-order valence-corrected chi connectivity index (χ0v) is 7.91. The maximum atomic E-state index is 9.00. The Balaban J connectivity index is -0.0000000233. The van der Waals surface area contributed by atoms with Gasteiger partial charge in [-0.25, -0.2) is 0 Å². The Morgan fingerprint density at radius 3 is 1.75 bits per heavy atom. The van der Waals surface area contributed by atoms with Gasteiger partial charge in [0, 0.05) is 6.92 Å². The number of hydrogen-bond acceptors (Lipinski definition) is 2. The molecule has 0 rings (SSSR count). The fourth-order valence-electron chi connectivity index (χ4n) is 0. The predicted molar refractivity (Wildman–Crippen MR) is 23.1 cm³/mol. The van der Waals surface area contributed by atoms with Crippen LogP contribution in [-0.2, 0) is 9.59 Å². The second kappa shape index (κ2) is 15.6. The van der Waals surface area contributed by atoms with Gasteiger partial charge in [-0.1, -0.05) is 0 Å². The number of carbonyl (C=O) groups is 2. The van der Waals surface area contributed by atoms with Crippen LogP contribution in [0, 0.1) is 0 Å². The smallest absolute Gasteiger partial charge is 1.00 e. The summed E-state index contributed by atoms with van der Waals surface area (Å²) >= 11 is 0. The summed E-state index contributed by atoms with van der Waals surface area (Å²) in [5.74, 6) is -0.833. The molecule has 44 valence electrons. The molecule has 0 radical (unpaired) electrons. The fourth-order valence-corrected chi connectivity index (χ4v) is 0. The zero-order chi connectivity index (χ0) is 6.28. The van der Waals surface area contributed by atoms with E-state index >= 15 is 0 Å². The van der Waals surface area contributed by atoms with Crippen LogP contribution in [0.4, 0.5) is 0 Å². The first kappa shape index (κ1) is 15.8. The molecule has 0 saturated heterocycles. The molecular formula is C3H7KO4. The minimum atomic E-state index is -0.833. The molecule has 0 amide bonds. The third-order valence-corrected chi connectivity index (χ3v) is 0. The van der Waals surface area contributed by atoms with Crippen LogP contribution in [0.15, 0.2) is 0 Å². The Morgan fingerprint density at radius 1 is 1.75 bits per heavy atom. The molecule has 0 bridgehead atoms. The largest absolute Gasteiger partial charge is 1.00 e. The van der Waals surface area contributed by atoms with E-state index in [1.165, 1.54) is 0 Å². The van der Waals surface area contributed by atoms with Crippen molar-refractivity contribution in [1.29, 1.82) is 0 Å². The molecule has 5 heteroatoms. The Labute approximate surface area is 90.8 Å². The van der Waals surface area contributed by atoms with Gasteiger partial charge >= 0.3 is 51.4 Å². The number of carboxylic acids is 1. The first-order valence-corrected chi connectivity index (χ1v) is 1.42. The van der Waals surface area contributed by atoms with E-state index in [0.717, 1.165) is 6.92 Å². The predicted octanol–water partition coefficient (Wildman–Crippen LogP) is -3.09. The first-order valence-electron chi connectivity index (χ1n) is 1.42. The van der Waals surface area contributed by atoms with Gasteiger partial charge in [-0.2, -0.15) is 0 Å². The molecular weight excluding hydrogens is 139 g/mol. The SMILES string of the molecule is CC(=O)O.O=CO.[H-].[K+]. The van der Waals surface area contributed by atoms with Crippen LogP contribution in [0.5, 0.6) is 0 Å². The number of hydrogen-bond donors (Lipinski definition) is 2. The molecule has 0 unspecified atom stereocenters. The third-order valence-electron chi connectivity index (χ3n) is 0. The van der Waals surface area contributed by atoms with Crippen LogP contribution in [0.3, 0.4) is 0 Å². The molecule has 0 heterocycles. The Morgan fingerprint density at radius 2 is 1.75 bits per heavy atom. The van der Waals surface area contributed by atoms with Gasteiger partial charge in [-0.3, -0.25) is 9.59 Å². The summed E-state index contributed by atoms with van der Waals surface area (Å²) in [5.41, 5.74) is 0. The minimum Gasteiger partial charge on any atom is -1.00 e. The fraction of sp³-hybridized carbons (Fsp3) is 0.333. The maximum absolute atomic E-state index is 9.00. The van der Waals surface area contributed by atoms with Crippen molar-refractivity contribution in [2.24, 2.45) is 0 Å². The van der Waals surface area contributed by atoms with Crippen molar-refractivity contribution in [3.05, 3.63) is 0 Å². The van der Waals surface area contributed by atoms with E-state index < -0.39 is 5.97 Å². The van der Waals surface area contributed by atoms with E-state index in [-0.39, 0.29) is 59.3 Å². The summed E-state index contributed by atoms with van der Waals surface area (Å²) in [7, 11) is 0. The third kappa shape index (κ3) is 616. The van der Waals surface area contributed by atoms with Gasteiger partial charge in [0.15, 0.2) is 0 Å². The van der Waals surface area contributed by atoms with Crippen LogP contribution < -0.4 is 51.4 Å². The summed E-state index contributed by atoms with van der Waals surface area (Å²) in [6.45, 7) is 0.833. The van der Waals surface area contributed by atoms with Gasteiger partial charge in [0.2, 0.25) is 0 Å². The topological polar surface area (TPSA) is 74.6 Å². The van der Waals surface area contributed by atoms with Crippen LogP contribution in [-0.4, -0.2) is 22.7 Å². The average molecular weight is 146 g/mol. The van der Waals surface area contributed by atoms with Crippen molar-refractivity contribution in [2.45, 2.75) is 6.92 Å². The first-order chi connectivity index (χ1) is 3.15. The second-order valence-electron chi connectivity index (χ2n) is 0.624. The molecule has 0 aromatic rings. The van der Waals surface area contributed by atoms with Gasteiger partial charge in [-0.05, 0) is 0 Å². The molecule has 0 fully saturated rings. The van der Waals surface area contributed by atoms with E-state index in [1.54, 1.807) is 0 Å². The van der Waals surface area contributed by atoms with Crippen molar-refractivity contribution in [3.8, 4) is 0 Å². The molecule has 0 aliphatic heterocycles. The molecule has 8 heavy (non-hydrogen) atoms. The van der Waals surface area contributed by atoms with Crippen molar-refractivity contribution in [3.63, 3.8) is 0 Å². The summed E-state index contributed by atoms with van der Waals surface area (Å²) in [6.07, 6.45) is 0. The van der Waals surface area contributed by atoms with Crippen LogP contribution in [0.25, 0.3) is 0 Å². The minimum absolute atomic E-state index is 0. The summed E-state index contributed by atoms with van der Waals surface area (Å²) < 4.78 is 0. The van der Waals surface area contributed by atoms with Crippen LogP contribution in [0.2, 0.25) is 0 Å². The number of carboxylic acid groups (broad SMARTS) is 2. The molecule has 4 nitrogen and oxygen atoms in total. The van der Waals surface area contributed by atoms with E-state index in [9.17, 15) is 0 Å². The maximum Gasteiger partial charge on any atom is 1.00 e. The van der Waals surface area contributed by atoms with Crippen molar-refractivity contribution in [2.75, 3.05) is 0 Å². The molecule has 0 saturated carbocycles. The monoisotopic (exact) mass is 146 g/mol. The van der Waals surface area contributed by atoms with Crippen molar-refractivity contribution < 1.29 is 72.6 Å². The summed E-state index contributed by atoms with van der Waals surface area (Å²) in [6, 6.07) is 0. The van der Waals surface area contributed by atoms with Crippen molar-refractivity contribution in [1.82, 2.24) is 0 Å². The van der Waals surface area contributed by atoms with E-state index in [4.69, 9.17) is 19.8 Å². The van der Waals surface area contributed by atoms with Gasteiger partial charge < -0.3 is 11.6 Å².